The van der Waals surface area contributed by atoms with Gasteiger partial charge in [0.05, 0.1) is 7.11 Å². The number of fused-ring (bicyclic) bond motifs is 1. The summed E-state index contributed by atoms with van der Waals surface area (Å²) in [7, 11) is 1.48. The number of benzene rings is 1. The largest absolute Gasteiger partial charge is 0.497 e. The van der Waals surface area contributed by atoms with Crippen molar-refractivity contribution in [1.82, 2.24) is 5.32 Å². The van der Waals surface area contributed by atoms with E-state index in [4.69, 9.17) is 14.3 Å². The van der Waals surface area contributed by atoms with E-state index in [1.54, 1.807) is 12.1 Å². The maximum absolute atomic E-state index is 11.7. The second-order valence-electron chi connectivity index (χ2n) is 3.93. The molecule has 7 heteroatoms. The molecule has 0 atom stereocenters. The number of hydrogen-bond donors (Lipinski definition) is 2. The van der Waals surface area contributed by atoms with Gasteiger partial charge in [0.1, 0.15) is 23.4 Å². The number of carbonyl (C=O) groups excluding carboxylic acids is 1. The fourth-order valence-electron chi connectivity index (χ4n) is 1.63. The molecule has 1 heterocycles. The third-order valence-corrected chi connectivity index (χ3v) is 2.59. The molecule has 2 N–H and O–H groups in total. The Morgan fingerprint density at radius 2 is 2.10 bits per heavy atom. The fraction of sp³-hybridized carbons (Fsp3) is 0.154. The molecule has 0 aliphatic carbocycles. The number of methoxy groups -OCH3 is 1. The number of carboxylic acids is 1. The van der Waals surface area contributed by atoms with Gasteiger partial charge in [0.15, 0.2) is 0 Å². The van der Waals surface area contributed by atoms with Crippen LogP contribution in [-0.2, 0) is 4.79 Å². The van der Waals surface area contributed by atoms with Gasteiger partial charge >= 0.3 is 11.6 Å². The van der Waals surface area contributed by atoms with Crippen LogP contribution in [0.15, 0.2) is 33.5 Å². The predicted molar refractivity (Wildman–Crippen MR) is 69.0 cm³/mol. The molecule has 104 valence electrons. The van der Waals surface area contributed by atoms with Gasteiger partial charge in [-0.05, 0) is 18.2 Å². The standard InChI is InChI=1S/C13H11NO6/c1-19-8-3-2-7-4-9(12(17)14-6-11(15)16)13(18)20-10(7)5-8/h2-5H,6H2,1H3,(H,14,17)(H,15,16). The van der Waals surface area contributed by atoms with Crippen LogP contribution in [0.3, 0.4) is 0 Å². The van der Waals surface area contributed by atoms with Crippen molar-refractivity contribution in [2.24, 2.45) is 0 Å². The third-order valence-electron chi connectivity index (χ3n) is 2.59. The first-order valence-electron chi connectivity index (χ1n) is 5.63. The topological polar surface area (TPSA) is 106 Å². The fourth-order valence-corrected chi connectivity index (χ4v) is 1.63. The number of rotatable bonds is 4. The van der Waals surface area contributed by atoms with E-state index >= 15 is 0 Å². The van der Waals surface area contributed by atoms with Gasteiger partial charge in [-0.25, -0.2) is 4.79 Å². The molecule has 2 rings (SSSR count). The summed E-state index contributed by atoms with van der Waals surface area (Å²) in [5.74, 6) is -1.48. The molecule has 0 fully saturated rings. The Labute approximate surface area is 112 Å². The van der Waals surface area contributed by atoms with Crippen molar-refractivity contribution >= 4 is 22.8 Å². The lowest BCUT2D eigenvalue weighted by atomic mass is 10.1. The number of carbonyl (C=O) groups is 2. The molecular weight excluding hydrogens is 266 g/mol. The lowest BCUT2D eigenvalue weighted by molar-refractivity contribution is -0.135. The zero-order valence-corrected chi connectivity index (χ0v) is 10.5. The summed E-state index contributed by atoms with van der Waals surface area (Å²) >= 11 is 0. The highest BCUT2D eigenvalue weighted by atomic mass is 16.5. The molecule has 2 aromatic rings. The number of hydrogen-bond acceptors (Lipinski definition) is 5. The lowest BCUT2D eigenvalue weighted by Crippen LogP contribution is -2.32. The molecule has 0 saturated carbocycles. The molecule has 0 aliphatic heterocycles. The van der Waals surface area contributed by atoms with Gasteiger partial charge < -0.3 is 19.6 Å². The Morgan fingerprint density at radius 1 is 1.35 bits per heavy atom. The first-order valence-corrected chi connectivity index (χ1v) is 5.63. The number of nitrogens with one attached hydrogen (secondary N) is 1. The molecule has 0 saturated heterocycles. The minimum atomic E-state index is -1.20. The SMILES string of the molecule is COc1ccc2cc(C(=O)NCC(=O)O)c(=O)oc2c1. The minimum Gasteiger partial charge on any atom is -0.497 e. The van der Waals surface area contributed by atoms with Gasteiger partial charge in [-0.1, -0.05) is 0 Å². The summed E-state index contributed by atoms with van der Waals surface area (Å²) in [4.78, 5) is 33.8. The molecule has 1 aromatic heterocycles. The quantitative estimate of drug-likeness (QED) is 0.793. The Hall–Kier alpha value is -2.83. The van der Waals surface area contributed by atoms with E-state index in [0.717, 1.165) is 0 Å². The summed E-state index contributed by atoms with van der Waals surface area (Å²) in [6.07, 6.45) is 0. The van der Waals surface area contributed by atoms with Crippen molar-refractivity contribution in [2.75, 3.05) is 13.7 Å². The van der Waals surface area contributed by atoms with Crippen LogP contribution >= 0.6 is 0 Å². The summed E-state index contributed by atoms with van der Waals surface area (Å²) in [5, 5.41) is 11.1. The summed E-state index contributed by atoms with van der Waals surface area (Å²) < 4.78 is 10.0. The van der Waals surface area contributed by atoms with E-state index in [9.17, 15) is 14.4 Å². The molecule has 20 heavy (non-hydrogen) atoms. The zero-order chi connectivity index (χ0) is 14.7. The van der Waals surface area contributed by atoms with E-state index < -0.39 is 24.0 Å². The number of aliphatic carboxylic acids is 1. The van der Waals surface area contributed by atoms with Crippen molar-refractivity contribution in [3.05, 3.63) is 40.2 Å². The van der Waals surface area contributed by atoms with Crippen LogP contribution in [0.5, 0.6) is 5.75 Å². The van der Waals surface area contributed by atoms with Gasteiger partial charge in [0, 0.05) is 11.5 Å². The van der Waals surface area contributed by atoms with Crippen molar-refractivity contribution < 1.29 is 23.8 Å². The maximum Gasteiger partial charge on any atom is 0.349 e. The van der Waals surface area contributed by atoms with Crippen LogP contribution in [0, 0.1) is 0 Å². The Balaban J connectivity index is 2.40. The normalized spacial score (nSPS) is 10.2. The first-order chi connectivity index (χ1) is 9.51. The number of amides is 1. The van der Waals surface area contributed by atoms with Crippen LogP contribution in [0.2, 0.25) is 0 Å². The lowest BCUT2D eigenvalue weighted by Gasteiger charge is -2.04. The number of carboxylic acid groups (broad SMARTS) is 1. The minimum absolute atomic E-state index is 0.246. The van der Waals surface area contributed by atoms with E-state index in [0.29, 0.717) is 11.1 Å². The average Bonchev–Trinajstić information content (AvgIpc) is 2.43. The van der Waals surface area contributed by atoms with Gasteiger partial charge in [-0.2, -0.15) is 0 Å². The second-order valence-corrected chi connectivity index (χ2v) is 3.93. The van der Waals surface area contributed by atoms with Gasteiger partial charge in [-0.3, -0.25) is 9.59 Å². The molecule has 0 radical (unpaired) electrons. The molecule has 1 aromatic carbocycles. The molecule has 1 amide bonds. The van der Waals surface area contributed by atoms with Crippen molar-refractivity contribution in [3.63, 3.8) is 0 Å². The van der Waals surface area contributed by atoms with Gasteiger partial charge in [0.25, 0.3) is 5.91 Å². The molecule has 7 nitrogen and oxygen atoms in total. The summed E-state index contributed by atoms with van der Waals surface area (Å²) in [6.45, 7) is -0.571. The Kier molecular flexibility index (Phi) is 3.69. The molecular formula is C13H11NO6. The third kappa shape index (κ3) is 2.77. The molecule has 0 bridgehead atoms. The van der Waals surface area contributed by atoms with E-state index in [-0.39, 0.29) is 11.1 Å². The Bertz CT molecular complexity index is 733. The van der Waals surface area contributed by atoms with Crippen molar-refractivity contribution in [2.45, 2.75) is 0 Å². The van der Waals surface area contributed by atoms with Crippen molar-refractivity contribution in [1.29, 1.82) is 0 Å². The smallest absolute Gasteiger partial charge is 0.349 e. The zero-order valence-electron chi connectivity index (χ0n) is 10.5. The first kappa shape index (κ1) is 13.6. The monoisotopic (exact) mass is 277 g/mol. The highest BCUT2D eigenvalue weighted by Crippen LogP contribution is 2.20. The van der Waals surface area contributed by atoms with Crippen LogP contribution in [0.4, 0.5) is 0 Å². The van der Waals surface area contributed by atoms with E-state index in [1.165, 1.54) is 19.2 Å². The second kappa shape index (κ2) is 5.43. The molecule has 0 aliphatic rings. The summed E-state index contributed by atoms with van der Waals surface area (Å²) in [5.41, 5.74) is -0.804. The van der Waals surface area contributed by atoms with Crippen LogP contribution in [0.1, 0.15) is 10.4 Å². The van der Waals surface area contributed by atoms with E-state index in [2.05, 4.69) is 5.32 Å². The maximum atomic E-state index is 11.7. The number of ether oxygens (including phenoxy) is 1. The van der Waals surface area contributed by atoms with E-state index in [1.807, 2.05) is 0 Å². The van der Waals surface area contributed by atoms with Crippen LogP contribution < -0.4 is 15.7 Å². The predicted octanol–water partition coefficient (Wildman–Crippen LogP) is 0.616. The van der Waals surface area contributed by atoms with Crippen LogP contribution in [0.25, 0.3) is 11.0 Å². The highest BCUT2D eigenvalue weighted by Gasteiger charge is 2.14. The summed E-state index contributed by atoms with van der Waals surface area (Å²) in [6, 6.07) is 6.15. The Morgan fingerprint density at radius 3 is 2.75 bits per heavy atom. The van der Waals surface area contributed by atoms with Gasteiger partial charge in [-0.15, -0.1) is 0 Å². The van der Waals surface area contributed by atoms with Crippen LogP contribution in [-0.4, -0.2) is 30.6 Å². The van der Waals surface area contributed by atoms with Gasteiger partial charge in [0.2, 0.25) is 0 Å². The molecule has 0 spiro atoms. The average molecular weight is 277 g/mol. The highest BCUT2D eigenvalue weighted by molar-refractivity contribution is 5.97. The molecule has 0 unspecified atom stereocenters. The van der Waals surface area contributed by atoms with Crippen molar-refractivity contribution in [3.8, 4) is 5.75 Å².